The Labute approximate surface area is 148 Å². The van der Waals surface area contributed by atoms with Crippen molar-refractivity contribution >= 4 is 12.0 Å². The van der Waals surface area contributed by atoms with Crippen molar-refractivity contribution in [1.82, 2.24) is 0 Å². The molecule has 3 nitrogen and oxygen atoms in total. The van der Waals surface area contributed by atoms with Crippen molar-refractivity contribution in [2.45, 2.75) is 32.5 Å². The highest BCUT2D eigenvalue weighted by atomic mass is 19.4. The van der Waals surface area contributed by atoms with Gasteiger partial charge in [-0.05, 0) is 42.2 Å². The molecule has 0 radical (unpaired) electrons. The molecule has 1 aliphatic heterocycles. The molecule has 1 unspecified atom stereocenters. The van der Waals surface area contributed by atoms with Gasteiger partial charge in [0.05, 0.1) is 5.57 Å². The Morgan fingerprint density at radius 3 is 2.35 bits per heavy atom. The Kier molecular flexibility index (Phi) is 4.52. The molecule has 0 bridgehead atoms. The van der Waals surface area contributed by atoms with Gasteiger partial charge in [0.15, 0.2) is 0 Å². The van der Waals surface area contributed by atoms with E-state index >= 15 is 0 Å². The predicted molar refractivity (Wildman–Crippen MR) is 92.1 cm³/mol. The van der Waals surface area contributed by atoms with Crippen LogP contribution >= 0.6 is 0 Å². The van der Waals surface area contributed by atoms with Crippen LogP contribution in [0.4, 0.5) is 13.2 Å². The van der Waals surface area contributed by atoms with Gasteiger partial charge < -0.3 is 9.84 Å². The van der Waals surface area contributed by atoms with Crippen molar-refractivity contribution in [3.63, 3.8) is 0 Å². The topological polar surface area (TPSA) is 46.5 Å². The van der Waals surface area contributed by atoms with Crippen LogP contribution in [0.5, 0.6) is 5.75 Å². The van der Waals surface area contributed by atoms with Gasteiger partial charge in [0, 0.05) is 5.56 Å². The highest BCUT2D eigenvalue weighted by molar-refractivity contribution is 5.97. The molecular formula is C20H17F3O3. The van der Waals surface area contributed by atoms with Crippen LogP contribution in [0.1, 0.15) is 23.6 Å². The maximum Gasteiger partial charge on any atom is 0.430 e. The minimum atomic E-state index is -4.81. The molecule has 0 aliphatic carbocycles. The molecule has 0 saturated heterocycles. The zero-order chi connectivity index (χ0) is 19.1. The van der Waals surface area contributed by atoms with Crippen molar-refractivity contribution in [2.24, 2.45) is 0 Å². The van der Waals surface area contributed by atoms with E-state index in [1.807, 2.05) is 38.1 Å². The summed E-state index contributed by atoms with van der Waals surface area (Å²) in [6.45, 7) is 3.87. The van der Waals surface area contributed by atoms with Crippen molar-refractivity contribution in [1.29, 1.82) is 0 Å². The molecule has 1 heterocycles. The third-order valence-electron chi connectivity index (χ3n) is 4.38. The molecule has 2 aromatic carbocycles. The number of aryl methyl sites for hydroxylation is 2. The van der Waals surface area contributed by atoms with Crippen LogP contribution in [0.25, 0.3) is 17.2 Å². The lowest BCUT2D eigenvalue weighted by atomic mass is 9.89. The van der Waals surface area contributed by atoms with E-state index in [9.17, 15) is 23.1 Å². The normalized spacial score (nSPS) is 16.5. The summed E-state index contributed by atoms with van der Waals surface area (Å²) in [4.78, 5) is 11.4. The number of alkyl halides is 3. The lowest BCUT2D eigenvalue weighted by molar-refractivity contribution is -0.187. The van der Waals surface area contributed by atoms with Gasteiger partial charge in [0.1, 0.15) is 5.75 Å². The summed E-state index contributed by atoms with van der Waals surface area (Å²) in [5.41, 5.74) is 3.01. The van der Waals surface area contributed by atoms with Gasteiger partial charge in [-0.15, -0.1) is 0 Å². The van der Waals surface area contributed by atoms with Crippen molar-refractivity contribution < 1.29 is 27.8 Å². The van der Waals surface area contributed by atoms with E-state index in [0.29, 0.717) is 17.5 Å². The molecular weight excluding hydrogens is 345 g/mol. The number of carbonyl (C=O) groups is 1. The summed E-state index contributed by atoms with van der Waals surface area (Å²) in [6, 6.07) is 10.7. The fourth-order valence-corrected chi connectivity index (χ4v) is 3.09. The average molecular weight is 362 g/mol. The largest absolute Gasteiger partial charge is 0.478 e. The van der Waals surface area contributed by atoms with Gasteiger partial charge in [-0.2, -0.15) is 13.2 Å². The molecule has 6 heteroatoms. The van der Waals surface area contributed by atoms with Gasteiger partial charge in [-0.3, -0.25) is 0 Å². The molecule has 2 aromatic rings. The summed E-state index contributed by atoms with van der Waals surface area (Å²) in [7, 11) is 0. The van der Waals surface area contributed by atoms with Gasteiger partial charge in [-0.25, -0.2) is 4.79 Å². The quantitative estimate of drug-likeness (QED) is 0.834. The molecule has 1 atom stereocenters. The third-order valence-corrected chi connectivity index (χ3v) is 4.38. The first kappa shape index (κ1) is 18.0. The summed E-state index contributed by atoms with van der Waals surface area (Å²) in [5, 5.41) is 9.27. The second-order valence-electron chi connectivity index (χ2n) is 6.18. The van der Waals surface area contributed by atoms with E-state index in [4.69, 9.17) is 4.74 Å². The Hall–Kier alpha value is -2.76. The SMILES string of the molecule is CCc1ccc2c(c1-c1ccc(C)cc1)C=C(C(=O)O)C(C(F)(F)F)O2. The lowest BCUT2D eigenvalue weighted by Crippen LogP contribution is -2.40. The highest BCUT2D eigenvalue weighted by Gasteiger charge is 2.48. The van der Waals surface area contributed by atoms with Crippen LogP contribution in [0, 0.1) is 6.92 Å². The number of rotatable bonds is 3. The molecule has 0 saturated carbocycles. The first-order valence-corrected chi connectivity index (χ1v) is 8.13. The lowest BCUT2D eigenvalue weighted by Gasteiger charge is -2.29. The number of carboxylic acid groups (broad SMARTS) is 1. The van der Waals surface area contributed by atoms with E-state index in [-0.39, 0.29) is 5.75 Å². The molecule has 26 heavy (non-hydrogen) atoms. The number of benzene rings is 2. The molecule has 136 valence electrons. The van der Waals surface area contributed by atoms with Gasteiger partial charge in [0.2, 0.25) is 6.10 Å². The van der Waals surface area contributed by atoms with E-state index in [1.165, 1.54) is 6.07 Å². The third kappa shape index (κ3) is 3.19. The molecule has 0 spiro atoms. The number of aliphatic carboxylic acids is 1. The van der Waals surface area contributed by atoms with Crippen LogP contribution in [-0.4, -0.2) is 23.4 Å². The minimum Gasteiger partial charge on any atom is -0.478 e. The molecule has 1 aliphatic rings. The average Bonchev–Trinajstić information content (AvgIpc) is 2.59. The van der Waals surface area contributed by atoms with Gasteiger partial charge in [-0.1, -0.05) is 42.8 Å². The second-order valence-corrected chi connectivity index (χ2v) is 6.18. The number of hydrogen-bond acceptors (Lipinski definition) is 2. The molecule has 0 amide bonds. The minimum absolute atomic E-state index is 0.0325. The smallest absolute Gasteiger partial charge is 0.430 e. The Morgan fingerprint density at radius 2 is 1.81 bits per heavy atom. The van der Waals surface area contributed by atoms with Crippen LogP contribution in [0.3, 0.4) is 0 Å². The van der Waals surface area contributed by atoms with Crippen LogP contribution in [0.15, 0.2) is 42.0 Å². The van der Waals surface area contributed by atoms with Gasteiger partial charge >= 0.3 is 12.1 Å². The summed E-state index contributed by atoms with van der Waals surface area (Å²) in [5.74, 6) is -1.61. The van der Waals surface area contributed by atoms with E-state index < -0.39 is 23.8 Å². The number of ether oxygens (including phenoxy) is 1. The summed E-state index contributed by atoms with van der Waals surface area (Å²) < 4.78 is 44.8. The summed E-state index contributed by atoms with van der Waals surface area (Å²) in [6.07, 6.45) is -5.55. The highest BCUT2D eigenvalue weighted by Crippen LogP contribution is 2.43. The Balaban J connectivity index is 2.26. The van der Waals surface area contributed by atoms with Crippen LogP contribution < -0.4 is 4.74 Å². The number of carboxylic acids is 1. The zero-order valence-corrected chi connectivity index (χ0v) is 14.2. The molecule has 3 rings (SSSR count). The number of fused-ring (bicyclic) bond motifs is 1. The number of hydrogen-bond donors (Lipinski definition) is 1. The van der Waals surface area contributed by atoms with Gasteiger partial charge in [0.25, 0.3) is 0 Å². The summed E-state index contributed by atoms with van der Waals surface area (Å²) >= 11 is 0. The van der Waals surface area contributed by atoms with Crippen molar-refractivity contribution in [3.05, 3.63) is 58.7 Å². The first-order chi connectivity index (χ1) is 12.2. The molecule has 0 fully saturated rings. The second kappa shape index (κ2) is 6.52. The van der Waals surface area contributed by atoms with E-state index in [0.717, 1.165) is 22.8 Å². The maximum absolute atomic E-state index is 13.2. The van der Waals surface area contributed by atoms with Crippen molar-refractivity contribution in [3.8, 4) is 16.9 Å². The number of halogens is 3. The maximum atomic E-state index is 13.2. The molecule has 0 aromatic heterocycles. The first-order valence-electron chi connectivity index (χ1n) is 8.13. The fourth-order valence-electron chi connectivity index (χ4n) is 3.09. The zero-order valence-electron chi connectivity index (χ0n) is 14.2. The van der Waals surface area contributed by atoms with E-state index in [2.05, 4.69) is 0 Å². The predicted octanol–water partition coefficient (Wildman–Crippen LogP) is 5.02. The Morgan fingerprint density at radius 1 is 1.15 bits per heavy atom. The monoisotopic (exact) mass is 362 g/mol. The van der Waals surface area contributed by atoms with Crippen LogP contribution in [-0.2, 0) is 11.2 Å². The van der Waals surface area contributed by atoms with Crippen LogP contribution in [0.2, 0.25) is 0 Å². The molecule has 1 N–H and O–H groups in total. The Bertz CT molecular complexity index is 880. The van der Waals surface area contributed by atoms with E-state index in [1.54, 1.807) is 6.07 Å². The standard InChI is InChI=1S/C20H17F3O3/c1-3-12-8-9-16-14(17(12)13-6-4-11(2)5-7-13)10-15(19(24)25)18(26-16)20(21,22)23/h4-10,18H,3H2,1-2H3,(H,24,25). The fraction of sp³-hybridized carbons (Fsp3) is 0.250. The van der Waals surface area contributed by atoms with Crippen molar-refractivity contribution in [2.75, 3.05) is 0 Å².